The first-order valence-corrected chi connectivity index (χ1v) is 17.5. The van der Waals surface area contributed by atoms with Crippen LogP contribution in [0.2, 0.25) is 0 Å². The number of hydrogen-bond acceptors (Lipinski definition) is 5. The summed E-state index contributed by atoms with van der Waals surface area (Å²) in [5.41, 5.74) is 12.8. The first kappa shape index (κ1) is 29.5. The smallest absolute Gasteiger partial charge is 0.254 e. The molecule has 0 radical (unpaired) electrons. The average molecular weight is 643 g/mol. The Bertz CT molecular complexity index is 2070. The molecule has 4 fully saturated rings. The molecule has 5 aromatic rings. The highest BCUT2D eigenvalue weighted by Gasteiger charge is 2.47. The number of ether oxygens (including phenoxy) is 1. The molecule has 48 heavy (non-hydrogen) atoms. The average Bonchev–Trinajstić information content (AvgIpc) is 3.44. The van der Waals surface area contributed by atoms with Gasteiger partial charge in [0.2, 0.25) is 0 Å². The molecule has 9 heteroatoms. The number of fused-ring (bicyclic) bond motifs is 4. The Morgan fingerprint density at radius 1 is 0.854 bits per heavy atom. The van der Waals surface area contributed by atoms with E-state index in [-0.39, 0.29) is 29.8 Å². The van der Waals surface area contributed by atoms with Gasteiger partial charge in [-0.25, -0.2) is 4.98 Å². The van der Waals surface area contributed by atoms with Gasteiger partial charge in [-0.3, -0.25) is 9.59 Å². The third-order valence-electron chi connectivity index (χ3n) is 11.3. The highest BCUT2D eigenvalue weighted by Crippen LogP contribution is 2.41. The van der Waals surface area contributed by atoms with Crippen LogP contribution in [0.5, 0.6) is 5.75 Å². The number of aryl methyl sites for hydroxylation is 1. The van der Waals surface area contributed by atoms with Gasteiger partial charge in [0.05, 0.1) is 18.3 Å². The van der Waals surface area contributed by atoms with Crippen molar-refractivity contribution < 1.29 is 14.3 Å². The number of nitrogens with zero attached hydrogens (tertiary/aromatic N) is 5. The number of carbonyl (C=O) groups excluding carboxylic acids is 2. The van der Waals surface area contributed by atoms with Crippen LogP contribution in [0.3, 0.4) is 0 Å². The number of methoxy groups -OCH3 is 1. The van der Waals surface area contributed by atoms with E-state index in [1.165, 1.54) is 23.7 Å². The van der Waals surface area contributed by atoms with Gasteiger partial charge in [-0.05, 0) is 80.8 Å². The van der Waals surface area contributed by atoms with Gasteiger partial charge in [0, 0.05) is 72.8 Å². The van der Waals surface area contributed by atoms with E-state index in [4.69, 9.17) is 15.5 Å². The van der Waals surface area contributed by atoms with Gasteiger partial charge in [0.15, 0.2) is 5.82 Å². The lowest BCUT2D eigenvalue weighted by Crippen LogP contribution is -2.51. The van der Waals surface area contributed by atoms with Crippen molar-refractivity contribution in [1.29, 1.82) is 0 Å². The van der Waals surface area contributed by atoms with Crippen LogP contribution >= 0.6 is 0 Å². The fraction of sp³-hybridized carbons (Fsp3) is 0.410. The topological polar surface area (TPSA) is 98.6 Å². The Labute approximate surface area is 280 Å². The summed E-state index contributed by atoms with van der Waals surface area (Å²) in [6.07, 6.45) is 4.55. The zero-order valence-corrected chi connectivity index (χ0v) is 27.6. The molecular formula is C39H42N6O3. The Balaban J connectivity index is 1.11. The second-order valence-electron chi connectivity index (χ2n) is 14.6. The van der Waals surface area contributed by atoms with E-state index in [1.807, 2.05) is 53.1 Å². The summed E-state index contributed by atoms with van der Waals surface area (Å²) in [6.45, 7) is 5.73. The molecule has 2 saturated carbocycles. The molecule has 9 rings (SSSR count). The first-order valence-electron chi connectivity index (χ1n) is 17.5. The maximum absolute atomic E-state index is 14.0. The van der Waals surface area contributed by atoms with Crippen molar-refractivity contribution >= 4 is 33.8 Å². The number of amides is 2. The minimum Gasteiger partial charge on any atom is -0.494 e. The normalized spacial score (nSPS) is 22.2. The van der Waals surface area contributed by atoms with Gasteiger partial charge >= 0.3 is 0 Å². The molecule has 246 valence electrons. The summed E-state index contributed by atoms with van der Waals surface area (Å²) < 4.78 is 10.8. The van der Waals surface area contributed by atoms with Crippen LogP contribution in [0.1, 0.15) is 52.0 Å². The number of benzene rings is 3. The summed E-state index contributed by atoms with van der Waals surface area (Å²) in [7, 11) is 1.67. The van der Waals surface area contributed by atoms with Gasteiger partial charge in [-0.1, -0.05) is 35.9 Å². The third kappa shape index (κ3) is 4.81. The van der Waals surface area contributed by atoms with Gasteiger partial charge in [-0.2, -0.15) is 0 Å². The molecule has 2 amide bonds. The van der Waals surface area contributed by atoms with Crippen molar-refractivity contribution in [3.05, 3.63) is 83.4 Å². The predicted molar refractivity (Wildman–Crippen MR) is 186 cm³/mol. The predicted octanol–water partition coefficient (Wildman–Crippen LogP) is 5.72. The van der Waals surface area contributed by atoms with Gasteiger partial charge in [-0.15, -0.1) is 0 Å². The maximum Gasteiger partial charge on any atom is 0.254 e. The standard InChI is InChI=1S/C39H42N6O3/c1-23-7-11-26(12-8-23)38(46)42-18-25(19-42)21-45-36-30(15-29(17-34(36)48-2)39(47)44-22-28-13-14-32(44)35(28)40)41-37(45)33-16-27-5-3-4-6-31(27)43(33)20-24-9-10-24/h3-8,11-12,15-17,24-25,28,32,35H,9-10,13-14,18-22,40H2,1-2H3/t28-,32-,35-/m1/s1. The van der Waals surface area contributed by atoms with E-state index < -0.39 is 0 Å². The minimum absolute atomic E-state index is 0.000972. The molecule has 2 aliphatic heterocycles. The van der Waals surface area contributed by atoms with Crippen molar-refractivity contribution in [2.24, 2.45) is 23.5 Å². The number of nitrogens with two attached hydrogens (primary N) is 1. The highest BCUT2D eigenvalue weighted by atomic mass is 16.5. The summed E-state index contributed by atoms with van der Waals surface area (Å²) in [6, 6.07) is 22.6. The molecular weight excluding hydrogens is 600 g/mol. The van der Waals surface area contributed by atoms with Crippen molar-refractivity contribution in [3.63, 3.8) is 0 Å². The Morgan fingerprint density at radius 3 is 2.33 bits per heavy atom. The molecule has 0 spiro atoms. The lowest BCUT2D eigenvalue weighted by molar-refractivity contribution is 0.0471. The van der Waals surface area contributed by atoms with E-state index in [2.05, 4.69) is 39.5 Å². The lowest BCUT2D eigenvalue weighted by atomic mass is 9.98. The molecule has 3 aromatic carbocycles. The largest absolute Gasteiger partial charge is 0.494 e. The molecule has 2 aromatic heterocycles. The van der Waals surface area contributed by atoms with Crippen LogP contribution in [0.15, 0.2) is 66.7 Å². The number of imidazole rings is 1. The van der Waals surface area contributed by atoms with E-state index in [0.717, 1.165) is 53.1 Å². The monoisotopic (exact) mass is 642 g/mol. The van der Waals surface area contributed by atoms with E-state index >= 15 is 0 Å². The maximum atomic E-state index is 14.0. The fourth-order valence-electron chi connectivity index (χ4n) is 8.47. The molecule has 9 nitrogen and oxygen atoms in total. The van der Waals surface area contributed by atoms with Crippen LogP contribution in [-0.2, 0) is 13.1 Å². The molecule has 2 bridgehead atoms. The SMILES string of the molecule is COc1cc(C(=O)N2C[C@H]3CC[C@@H]2[C@@H]3N)cc2nc(-c3cc4ccccc4n3CC3CC3)n(CC3CN(C(=O)c4ccc(C)cc4)C3)c12. The van der Waals surface area contributed by atoms with E-state index in [0.29, 0.717) is 49.3 Å². The second-order valence-corrected chi connectivity index (χ2v) is 14.6. The fourth-order valence-corrected chi connectivity index (χ4v) is 8.47. The molecule has 2 aliphatic carbocycles. The van der Waals surface area contributed by atoms with Crippen LogP contribution in [-0.4, -0.2) is 74.6 Å². The molecule has 3 atom stereocenters. The van der Waals surface area contributed by atoms with E-state index in [9.17, 15) is 9.59 Å². The number of likely N-dealkylation sites (tertiary alicyclic amines) is 2. The number of hydrogen-bond donors (Lipinski definition) is 1. The van der Waals surface area contributed by atoms with Crippen LogP contribution < -0.4 is 10.5 Å². The van der Waals surface area contributed by atoms with Crippen LogP contribution in [0, 0.1) is 24.7 Å². The molecule has 4 heterocycles. The number of rotatable bonds is 8. The lowest BCUT2D eigenvalue weighted by Gasteiger charge is -2.40. The van der Waals surface area contributed by atoms with Gasteiger partial charge in [0.25, 0.3) is 11.8 Å². The highest BCUT2D eigenvalue weighted by molar-refractivity contribution is 6.01. The van der Waals surface area contributed by atoms with Gasteiger partial charge < -0.3 is 29.4 Å². The van der Waals surface area contributed by atoms with Crippen LogP contribution in [0.25, 0.3) is 33.5 Å². The quantitative estimate of drug-likeness (QED) is 0.234. The Hall–Kier alpha value is -4.63. The van der Waals surface area contributed by atoms with Crippen molar-refractivity contribution in [1.82, 2.24) is 23.9 Å². The van der Waals surface area contributed by atoms with Crippen molar-refractivity contribution in [2.75, 3.05) is 26.7 Å². The Kier molecular flexibility index (Phi) is 6.90. The molecule has 0 unspecified atom stereocenters. The Morgan fingerprint density at radius 2 is 1.62 bits per heavy atom. The summed E-state index contributed by atoms with van der Waals surface area (Å²) >= 11 is 0. The van der Waals surface area contributed by atoms with Crippen molar-refractivity contribution in [2.45, 2.75) is 57.8 Å². The minimum atomic E-state index is 0.000972. The van der Waals surface area contributed by atoms with E-state index in [1.54, 1.807) is 7.11 Å². The molecule has 2 saturated heterocycles. The second kappa shape index (κ2) is 11.2. The van der Waals surface area contributed by atoms with Crippen molar-refractivity contribution in [3.8, 4) is 17.3 Å². The number of para-hydroxylation sites is 1. The van der Waals surface area contributed by atoms with Crippen LogP contribution in [0.4, 0.5) is 0 Å². The number of aromatic nitrogens is 3. The first-order chi connectivity index (χ1) is 23.4. The number of carbonyl (C=O) groups is 2. The summed E-state index contributed by atoms with van der Waals surface area (Å²) in [5, 5.41) is 1.19. The summed E-state index contributed by atoms with van der Waals surface area (Å²) in [5.74, 6) is 2.89. The zero-order valence-electron chi connectivity index (χ0n) is 27.6. The molecule has 4 aliphatic rings. The summed E-state index contributed by atoms with van der Waals surface area (Å²) in [4.78, 5) is 36.4. The molecule has 2 N–H and O–H groups in total. The number of piperidine rings is 1. The van der Waals surface area contributed by atoms with Gasteiger partial charge in [0.1, 0.15) is 11.3 Å². The third-order valence-corrected chi connectivity index (χ3v) is 11.3. The zero-order chi connectivity index (χ0) is 32.7.